The lowest BCUT2D eigenvalue weighted by Gasteiger charge is -2.30. The summed E-state index contributed by atoms with van der Waals surface area (Å²) in [7, 11) is 0. The highest BCUT2D eigenvalue weighted by atomic mass is 16.4. The molecule has 1 aliphatic rings. The summed E-state index contributed by atoms with van der Waals surface area (Å²) < 4.78 is 1.96. The highest BCUT2D eigenvalue weighted by Gasteiger charge is 2.30. The van der Waals surface area contributed by atoms with E-state index in [2.05, 4.69) is 4.98 Å². The fourth-order valence-electron chi connectivity index (χ4n) is 2.23. The van der Waals surface area contributed by atoms with Crippen LogP contribution in [-0.2, 0) is 22.7 Å². The van der Waals surface area contributed by atoms with Crippen molar-refractivity contribution in [2.24, 2.45) is 5.92 Å². The van der Waals surface area contributed by atoms with Crippen LogP contribution in [0.4, 0.5) is 0 Å². The summed E-state index contributed by atoms with van der Waals surface area (Å²) >= 11 is 0. The second-order valence-corrected chi connectivity index (χ2v) is 4.52. The molecule has 0 radical (unpaired) electrons. The number of nitrogens with zero attached hydrogens (tertiary/aromatic N) is 3. The molecule has 0 aromatic carbocycles. The van der Waals surface area contributed by atoms with E-state index in [1.807, 2.05) is 11.5 Å². The minimum atomic E-state index is -0.823. The van der Waals surface area contributed by atoms with Crippen LogP contribution in [0, 0.1) is 5.92 Å². The van der Waals surface area contributed by atoms with E-state index in [0.717, 1.165) is 12.2 Å². The molecular formula is C12H17N3O3. The van der Waals surface area contributed by atoms with E-state index in [0.29, 0.717) is 25.9 Å². The molecule has 0 bridgehead atoms. The number of piperidine rings is 1. The van der Waals surface area contributed by atoms with E-state index < -0.39 is 11.9 Å². The number of carboxylic acids is 1. The van der Waals surface area contributed by atoms with Gasteiger partial charge in [-0.2, -0.15) is 0 Å². The van der Waals surface area contributed by atoms with Gasteiger partial charge in [-0.25, -0.2) is 4.98 Å². The minimum Gasteiger partial charge on any atom is -0.481 e. The van der Waals surface area contributed by atoms with Gasteiger partial charge in [-0.3, -0.25) is 9.59 Å². The number of hydrogen-bond acceptors (Lipinski definition) is 3. The number of imidazole rings is 1. The van der Waals surface area contributed by atoms with Crippen molar-refractivity contribution in [1.29, 1.82) is 0 Å². The Balaban J connectivity index is 2.07. The number of hydrogen-bond donors (Lipinski definition) is 1. The number of amides is 1. The number of aliphatic carboxylic acids is 1. The van der Waals surface area contributed by atoms with Gasteiger partial charge in [0.1, 0.15) is 0 Å². The number of carbonyl (C=O) groups is 2. The molecule has 1 saturated heterocycles. The Kier molecular flexibility index (Phi) is 3.64. The summed E-state index contributed by atoms with van der Waals surface area (Å²) in [4.78, 5) is 28.4. The first-order valence-electron chi connectivity index (χ1n) is 6.11. The van der Waals surface area contributed by atoms with Crippen molar-refractivity contribution in [2.45, 2.75) is 32.9 Å². The van der Waals surface area contributed by atoms with Gasteiger partial charge in [0.2, 0.25) is 5.91 Å². The first-order chi connectivity index (χ1) is 8.61. The summed E-state index contributed by atoms with van der Waals surface area (Å²) in [5, 5.41) is 9.01. The fraction of sp³-hybridized carbons (Fsp3) is 0.583. The SMILES string of the molecule is CCn1cncc1CN1CC(C(=O)O)CCC1=O. The molecule has 0 aliphatic carbocycles. The molecule has 1 aliphatic heterocycles. The van der Waals surface area contributed by atoms with Gasteiger partial charge in [-0.15, -0.1) is 0 Å². The van der Waals surface area contributed by atoms with Gasteiger partial charge < -0.3 is 14.6 Å². The number of likely N-dealkylation sites (tertiary alicyclic amines) is 1. The third-order valence-corrected chi connectivity index (χ3v) is 3.34. The van der Waals surface area contributed by atoms with Crippen LogP contribution >= 0.6 is 0 Å². The van der Waals surface area contributed by atoms with Crippen LogP contribution in [-0.4, -0.2) is 38.0 Å². The second kappa shape index (κ2) is 5.20. The average Bonchev–Trinajstić information content (AvgIpc) is 2.79. The molecule has 1 aromatic heterocycles. The Bertz CT molecular complexity index is 455. The number of carboxylic acid groups (broad SMARTS) is 1. The topological polar surface area (TPSA) is 75.4 Å². The highest BCUT2D eigenvalue weighted by molar-refractivity contribution is 5.80. The molecule has 1 N–H and O–H groups in total. The zero-order chi connectivity index (χ0) is 13.1. The quantitative estimate of drug-likeness (QED) is 0.855. The van der Waals surface area contributed by atoms with Crippen molar-refractivity contribution >= 4 is 11.9 Å². The van der Waals surface area contributed by atoms with Crippen LogP contribution < -0.4 is 0 Å². The maximum Gasteiger partial charge on any atom is 0.308 e. The molecule has 2 heterocycles. The van der Waals surface area contributed by atoms with E-state index >= 15 is 0 Å². The standard InChI is InChI=1S/C12H17N3O3/c1-2-14-8-13-5-10(14)7-15-6-9(12(17)18)3-4-11(15)16/h5,8-9H,2-4,6-7H2,1H3,(H,17,18). The van der Waals surface area contributed by atoms with Crippen molar-refractivity contribution in [3.8, 4) is 0 Å². The van der Waals surface area contributed by atoms with Crippen molar-refractivity contribution in [1.82, 2.24) is 14.5 Å². The predicted octanol–water partition coefficient (Wildman–Crippen LogP) is 0.726. The van der Waals surface area contributed by atoms with Gasteiger partial charge in [0, 0.05) is 25.7 Å². The van der Waals surface area contributed by atoms with Gasteiger partial charge in [0.25, 0.3) is 0 Å². The zero-order valence-electron chi connectivity index (χ0n) is 10.4. The first-order valence-corrected chi connectivity index (χ1v) is 6.11. The maximum absolute atomic E-state index is 11.8. The molecule has 1 atom stereocenters. The lowest BCUT2D eigenvalue weighted by Crippen LogP contribution is -2.42. The van der Waals surface area contributed by atoms with E-state index in [-0.39, 0.29) is 5.91 Å². The molecule has 2 rings (SSSR count). The molecule has 18 heavy (non-hydrogen) atoms. The summed E-state index contributed by atoms with van der Waals surface area (Å²) in [5.74, 6) is -1.24. The number of aromatic nitrogens is 2. The number of rotatable bonds is 4. The normalized spacial score (nSPS) is 20.2. The number of carbonyl (C=O) groups excluding carboxylic acids is 1. The van der Waals surface area contributed by atoms with Gasteiger partial charge in [-0.05, 0) is 13.3 Å². The van der Waals surface area contributed by atoms with Crippen molar-refractivity contribution in [3.05, 3.63) is 18.2 Å². The Morgan fingerprint density at radius 2 is 2.39 bits per heavy atom. The molecule has 98 valence electrons. The Morgan fingerprint density at radius 1 is 1.61 bits per heavy atom. The van der Waals surface area contributed by atoms with E-state index in [1.54, 1.807) is 17.4 Å². The lowest BCUT2D eigenvalue weighted by molar-refractivity contribution is -0.147. The fourth-order valence-corrected chi connectivity index (χ4v) is 2.23. The van der Waals surface area contributed by atoms with Gasteiger partial charge >= 0.3 is 5.97 Å². The summed E-state index contributed by atoms with van der Waals surface area (Å²) in [6.07, 6.45) is 4.20. The monoisotopic (exact) mass is 251 g/mol. The van der Waals surface area contributed by atoms with Crippen LogP contribution in [0.15, 0.2) is 12.5 Å². The lowest BCUT2D eigenvalue weighted by atomic mass is 9.97. The van der Waals surface area contributed by atoms with Crippen LogP contribution in [0.25, 0.3) is 0 Å². The highest BCUT2D eigenvalue weighted by Crippen LogP contribution is 2.19. The molecule has 1 unspecified atom stereocenters. The van der Waals surface area contributed by atoms with Crippen LogP contribution in [0.2, 0.25) is 0 Å². The maximum atomic E-state index is 11.8. The third-order valence-electron chi connectivity index (χ3n) is 3.34. The zero-order valence-corrected chi connectivity index (χ0v) is 10.4. The molecule has 0 saturated carbocycles. The second-order valence-electron chi connectivity index (χ2n) is 4.52. The largest absolute Gasteiger partial charge is 0.481 e. The van der Waals surface area contributed by atoms with E-state index in [9.17, 15) is 9.59 Å². The Morgan fingerprint density at radius 3 is 3.06 bits per heavy atom. The summed E-state index contributed by atoms with van der Waals surface area (Å²) in [5.41, 5.74) is 0.942. The van der Waals surface area contributed by atoms with Crippen LogP contribution in [0.5, 0.6) is 0 Å². The Labute approximate surface area is 105 Å². The minimum absolute atomic E-state index is 0.0244. The molecule has 1 amide bonds. The summed E-state index contributed by atoms with van der Waals surface area (Å²) in [6, 6.07) is 0. The molecule has 6 heteroatoms. The van der Waals surface area contributed by atoms with E-state index in [1.165, 1.54) is 0 Å². The Hall–Kier alpha value is -1.85. The number of aryl methyl sites for hydroxylation is 1. The van der Waals surface area contributed by atoms with Crippen molar-refractivity contribution in [3.63, 3.8) is 0 Å². The molecule has 1 fully saturated rings. The molecular weight excluding hydrogens is 234 g/mol. The smallest absolute Gasteiger partial charge is 0.308 e. The van der Waals surface area contributed by atoms with Crippen molar-refractivity contribution in [2.75, 3.05) is 6.54 Å². The van der Waals surface area contributed by atoms with Crippen LogP contribution in [0.1, 0.15) is 25.5 Å². The predicted molar refractivity (Wildman–Crippen MR) is 63.7 cm³/mol. The average molecular weight is 251 g/mol. The molecule has 1 aromatic rings. The molecule has 0 spiro atoms. The van der Waals surface area contributed by atoms with Gasteiger partial charge in [-0.1, -0.05) is 0 Å². The summed E-state index contributed by atoms with van der Waals surface area (Å²) in [6.45, 7) is 3.53. The molecule has 6 nitrogen and oxygen atoms in total. The van der Waals surface area contributed by atoms with Crippen LogP contribution in [0.3, 0.4) is 0 Å². The van der Waals surface area contributed by atoms with Gasteiger partial charge in [0.05, 0.1) is 24.5 Å². The van der Waals surface area contributed by atoms with Gasteiger partial charge in [0.15, 0.2) is 0 Å². The third kappa shape index (κ3) is 2.52. The first kappa shape index (κ1) is 12.6. The van der Waals surface area contributed by atoms with E-state index in [4.69, 9.17) is 5.11 Å². The van der Waals surface area contributed by atoms with Crippen molar-refractivity contribution < 1.29 is 14.7 Å².